The van der Waals surface area contributed by atoms with Gasteiger partial charge in [0.15, 0.2) is 0 Å². The molecule has 4 fully saturated rings. The van der Waals surface area contributed by atoms with Crippen molar-refractivity contribution >= 4 is 5.78 Å². The minimum absolute atomic E-state index is 0.0353. The Bertz CT molecular complexity index is 410. The first-order valence-corrected chi connectivity index (χ1v) is 8.09. The van der Waals surface area contributed by atoms with E-state index in [0.29, 0.717) is 23.5 Å². The number of rotatable bonds is 0. The van der Waals surface area contributed by atoms with Crippen LogP contribution in [0.4, 0.5) is 0 Å². The zero-order valence-corrected chi connectivity index (χ0v) is 11.8. The van der Waals surface area contributed by atoms with Crippen molar-refractivity contribution in [3.05, 3.63) is 0 Å². The topological polar surface area (TPSA) is 40.5 Å². The second kappa shape index (κ2) is 4.05. The minimum Gasteiger partial charge on any atom is -0.393 e. The molecule has 0 aromatic rings. The fourth-order valence-electron chi connectivity index (χ4n) is 6.21. The van der Waals surface area contributed by atoms with Gasteiger partial charge >= 0.3 is 0 Å². The van der Waals surface area contributed by atoms with Gasteiger partial charge in [0.25, 0.3) is 0 Å². The molecule has 19 heavy (non-hydrogen) atoms. The summed E-state index contributed by atoms with van der Waals surface area (Å²) in [5, 5.41) is 10.6. The van der Waals surface area contributed by atoms with Crippen molar-refractivity contribution in [3.63, 3.8) is 0 Å². The van der Waals surface area contributed by atoms with Gasteiger partial charge in [-0.2, -0.15) is 0 Å². The Balaban J connectivity index is 1.84. The maximum atomic E-state index is 12.6. The molecule has 106 valence electrons. The predicted molar refractivity (Wildman–Crippen MR) is 72.7 cm³/mol. The largest absolute Gasteiger partial charge is 0.393 e. The third kappa shape index (κ3) is 1.49. The molecule has 2 saturated heterocycles. The molecule has 2 bridgehead atoms. The van der Waals surface area contributed by atoms with E-state index in [4.69, 9.17) is 0 Å². The molecular formula is C16H25NO2. The Morgan fingerprint density at radius 2 is 2.16 bits per heavy atom. The van der Waals surface area contributed by atoms with Gasteiger partial charge in [-0.3, -0.25) is 9.69 Å². The number of aliphatic hydroxyl groups is 1. The van der Waals surface area contributed by atoms with Gasteiger partial charge in [-0.1, -0.05) is 6.92 Å². The van der Waals surface area contributed by atoms with Gasteiger partial charge in [-0.15, -0.1) is 0 Å². The molecule has 0 radical (unpaired) electrons. The van der Waals surface area contributed by atoms with E-state index in [9.17, 15) is 9.90 Å². The summed E-state index contributed by atoms with van der Waals surface area (Å²) >= 11 is 0. The van der Waals surface area contributed by atoms with E-state index in [1.54, 1.807) is 0 Å². The molecule has 2 saturated carbocycles. The second-order valence-corrected chi connectivity index (χ2v) is 7.53. The van der Waals surface area contributed by atoms with E-state index < -0.39 is 0 Å². The quantitative estimate of drug-likeness (QED) is 0.725. The van der Waals surface area contributed by atoms with Crippen molar-refractivity contribution in [1.82, 2.24) is 4.90 Å². The van der Waals surface area contributed by atoms with E-state index in [1.165, 1.54) is 6.42 Å². The number of Topliss-reactive ketones (excluding diaryl/α,β-unsaturated/α-hetero) is 1. The molecule has 3 heteroatoms. The number of hydrogen-bond acceptors (Lipinski definition) is 3. The lowest BCUT2D eigenvalue weighted by Gasteiger charge is -2.66. The van der Waals surface area contributed by atoms with Crippen LogP contribution >= 0.6 is 0 Å². The van der Waals surface area contributed by atoms with Crippen LogP contribution in [0.25, 0.3) is 0 Å². The zero-order chi connectivity index (χ0) is 13.2. The van der Waals surface area contributed by atoms with Gasteiger partial charge in [-0.25, -0.2) is 0 Å². The smallest absolute Gasteiger partial charge is 0.138 e. The summed E-state index contributed by atoms with van der Waals surface area (Å²) in [6.45, 7) is 4.49. The standard InChI is InChI=1S/C16H25NO2/c1-10-7-11-8-14(19)12-3-2-5-17-6-4-13(18)15(11)16(12,17)9-10/h10-13,15,18H,2-9H2,1H3/t10-,11-,12-,13+,15+,16-/m1/s1. The van der Waals surface area contributed by atoms with Crippen molar-refractivity contribution in [2.75, 3.05) is 13.1 Å². The summed E-state index contributed by atoms with van der Waals surface area (Å²) in [5.74, 6) is 2.26. The molecule has 3 nitrogen and oxygen atoms in total. The van der Waals surface area contributed by atoms with Gasteiger partial charge in [0.1, 0.15) is 5.78 Å². The Hall–Kier alpha value is -0.410. The molecule has 1 N–H and O–H groups in total. The maximum absolute atomic E-state index is 12.6. The minimum atomic E-state index is -0.164. The Kier molecular flexibility index (Phi) is 2.63. The highest BCUT2D eigenvalue weighted by atomic mass is 16.3. The van der Waals surface area contributed by atoms with E-state index in [1.807, 2.05) is 0 Å². The highest BCUT2D eigenvalue weighted by Gasteiger charge is 2.64. The lowest BCUT2D eigenvalue weighted by Crippen LogP contribution is -2.74. The van der Waals surface area contributed by atoms with E-state index >= 15 is 0 Å². The molecule has 1 spiro atoms. The Morgan fingerprint density at radius 3 is 3.00 bits per heavy atom. The second-order valence-electron chi connectivity index (χ2n) is 7.53. The fourth-order valence-corrected chi connectivity index (χ4v) is 6.21. The summed E-state index contributed by atoms with van der Waals surface area (Å²) in [6, 6.07) is 0. The van der Waals surface area contributed by atoms with Crippen LogP contribution in [-0.2, 0) is 4.79 Å². The monoisotopic (exact) mass is 263 g/mol. The van der Waals surface area contributed by atoms with Gasteiger partial charge in [-0.05, 0) is 50.5 Å². The van der Waals surface area contributed by atoms with Crippen LogP contribution in [0.3, 0.4) is 0 Å². The van der Waals surface area contributed by atoms with Gasteiger partial charge < -0.3 is 5.11 Å². The summed E-state index contributed by atoms with van der Waals surface area (Å²) < 4.78 is 0. The normalized spacial score (nSPS) is 53.8. The summed E-state index contributed by atoms with van der Waals surface area (Å²) in [7, 11) is 0. The molecule has 0 aromatic carbocycles. The first-order chi connectivity index (χ1) is 9.13. The SMILES string of the molecule is C[C@@H]1C[C@@H]2CC(=O)[C@H]3CCCN4CC[C@H](O)[C@H]2[C@@]34C1. The van der Waals surface area contributed by atoms with Crippen LogP contribution in [-0.4, -0.2) is 40.5 Å². The van der Waals surface area contributed by atoms with Crippen LogP contribution in [0.1, 0.15) is 45.4 Å². The molecule has 2 aliphatic heterocycles. The number of carbonyl (C=O) groups excluding carboxylic acids is 1. The van der Waals surface area contributed by atoms with Crippen LogP contribution in [0, 0.1) is 23.7 Å². The molecule has 2 heterocycles. The van der Waals surface area contributed by atoms with Crippen molar-refractivity contribution < 1.29 is 9.90 Å². The average molecular weight is 263 g/mol. The lowest BCUT2D eigenvalue weighted by molar-refractivity contribution is -0.196. The number of ketones is 1. The molecular weight excluding hydrogens is 238 g/mol. The fraction of sp³-hybridized carbons (Fsp3) is 0.938. The third-order valence-electron chi connectivity index (χ3n) is 6.54. The van der Waals surface area contributed by atoms with Gasteiger partial charge in [0.05, 0.1) is 6.10 Å². The number of carbonyl (C=O) groups is 1. The molecule has 0 aromatic heterocycles. The van der Waals surface area contributed by atoms with E-state index in [-0.39, 0.29) is 17.6 Å². The van der Waals surface area contributed by atoms with Crippen LogP contribution < -0.4 is 0 Å². The first kappa shape index (κ1) is 12.3. The Labute approximate surface area is 115 Å². The predicted octanol–water partition coefficient (Wildman–Crippen LogP) is 1.84. The Morgan fingerprint density at radius 1 is 1.32 bits per heavy atom. The summed E-state index contributed by atoms with van der Waals surface area (Å²) in [5.41, 5.74) is 0.0353. The molecule has 4 rings (SSSR count). The van der Waals surface area contributed by atoms with E-state index in [0.717, 1.165) is 45.2 Å². The molecule has 0 unspecified atom stereocenters. The van der Waals surface area contributed by atoms with Gasteiger partial charge in [0.2, 0.25) is 0 Å². The lowest BCUT2D eigenvalue weighted by atomic mass is 9.48. The highest BCUT2D eigenvalue weighted by Crippen LogP contribution is 2.59. The molecule has 0 amide bonds. The summed E-state index contributed by atoms with van der Waals surface area (Å²) in [4.78, 5) is 15.2. The van der Waals surface area contributed by atoms with Crippen molar-refractivity contribution in [2.24, 2.45) is 23.7 Å². The number of hydrogen-bond donors (Lipinski definition) is 1. The van der Waals surface area contributed by atoms with Crippen LogP contribution in [0.5, 0.6) is 0 Å². The first-order valence-electron chi connectivity index (χ1n) is 8.09. The summed E-state index contributed by atoms with van der Waals surface area (Å²) in [6.07, 6.45) is 6.02. The van der Waals surface area contributed by atoms with Crippen molar-refractivity contribution in [1.29, 1.82) is 0 Å². The average Bonchev–Trinajstić information content (AvgIpc) is 2.35. The molecule has 6 atom stereocenters. The number of piperidine rings is 2. The number of nitrogens with zero attached hydrogens (tertiary/aromatic N) is 1. The van der Waals surface area contributed by atoms with Crippen molar-refractivity contribution in [2.45, 2.75) is 57.1 Å². The highest BCUT2D eigenvalue weighted by molar-refractivity contribution is 5.84. The zero-order valence-electron chi connectivity index (χ0n) is 11.8. The maximum Gasteiger partial charge on any atom is 0.138 e. The number of aliphatic hydroxyl groups excluding tert-OH is 1. The molecule has 4 aliphatic rings. The van der Waals surface area contributed by atoms with Crippen LogP contribution in [0.2, 0.25) is 0 Å². The molecule has 2 aliphatic carbocycles. The van der Waals surface area contributed by atoms with Crippen LogP contribution in [0.15, 0.2) is 0 Å². The van der Waals surface area contributed by atoms with Crippen molar-refractivity contribution in [3.8, 4) is 0 Å². The van der Waals surface area contributed by atoms with Gasteiger partial charge in [0, 0.05) is 30.3 Å². The van der Waals surface area contributed by atoms with E-state index in [2.05, 4.69) is 11.8 Å². The third-order valence-corrected chi connectivity index (χ3v) is 6.54.